The largest absolute Gasteiger partial charge is 0.348 e. The third kappa shape index (κ3) is 5.80. The molecular formula is C31H36FN6O2+. The Morgan fingerprint density at radius 2 is 1.73 bits per heavy atom. The second-order valence-electron chi connectivity index (χ2n) is 11.6. The number of hydroxylamine groups is 2. The second-order valence-corrected chi connectivity index (χ2v) is 11.6. The van der Waals surface area contributed by atoms with Gasteiger partial charge >= 0.3 is 0 Å². The summed E-state index contributed by atoms with van der Waals surface area (Å²) in [5.74, 6) is 1.77. The Morgan fingerprint density at radius 1 is 1.05 bits per heavy atom. The van der Waals surface area contributed by atoms with Crippen LogP contribution >= 0.6 is 0 Å². The zero-order valence-corrected chi connectivity index (χ0v) is 23.4. The quantitative estimate of drug-likeness (QED) is 0.263. The van der Waals surface area contributed by atoms with Gasteiger partial charge in [-0.2, -0.15) is 9.97 Å². The van der Waals surface area contributed by atoms with Crippen LogP contribution in [0.25, 0.3) is 17.2 Å². The van der Waals surface area contributed by atoms with Crippen LogP contribution in [-0.4, -0.2) is 43.6 Å². The molecule has 2 aromatic carbocycles. The van der Waals surface area contributed by atoms with E-state index >= 15 is 0 Å². The van der Waals surface area contributed by atoms with Crippen LogP contribution in [0.2, 0.25) is 0 Å². The number of hydrogen-bond donors (Lipinski definition) is 2. The second kappa shape index (κ2) is 10.9. The number of piperidine rings is 1. The maximum Gasteiger partial charge on any atom is 0.279 e. The number of carbonyl (C=O) groups excluding carboxylic acids is 1. The molecule has 2 aromatic heterocycles. The summed E-state index contributed by atoms with van der Waals surface area (Å²) in [7, 11) is 0. The molecular weight excluding hydrogens is 507 g/mol. The Morgan fingerprint density at radius 3 is 2.38 bits per heavy atom. The molecule has 0 aliphatic carbocycles. The first-order chi connectivity index (χ1) is 19.0. The van der Waals surface area contributed by atoms with Crippen LogP contribution in [0, 0.1) is 17.2 Å². The fourth-order valence-corrected chi connectivity index (χ4v) is 5.22. The number of halogens is 1. The highest BCUT2D eigenvalue weighted by Crippen LogP contribution is 2.35. The van der Waals surface area contributed by atoms with Gasteiger partial charge in [0.25, 0.3) is 5.82 Å². The molecule has 0 bridgehead atoms. The predicted molar refractivity (Wildman–Crippen MR) is 154 cm³/mol. The SMILES string of the molecule is C[C@H](Nc1nccc(-n2cc([N+]3(O)CCC(C(=O)C(C)(C)C)CC3)nc2-c2ccc(F)cc2)n1)c1ccccc1. The molecule has 1 saturated heterocycles. The van der Waals surface area contributed by atoms with Crippen molar-refractivity contribution in [1.29, 1.82) is 0 Å². The van der Waals surface area contributed by atoms with E-state index in [1.54, 1.807) is 35.2 Å². The van der Waals surface area contributed by atoms with Crippen LogP contribution in [0.5, 0.6) is 0 Å². The summed E-state index contributed by atoms with van der Waals surface area (Å²) in [5, 5.41) is 15.0. The van der Waals surface area contributed by atoms with E-state index in [1.807, 2.05) is 58.0 Å². The molecule has 5 rings (SSSR count). The van der Waals surface area contributed by atoms with E-state index in [2.05, 4.69) is 10.3 Å². The lowest BCUT2D eigenvalue weighted by molar-refractivity contribution is -0.139. The third-order valence-electron chi connectivity index (χ3n) is 7.56. The number of hydrogen-bond acceptors (Lipinski definition) is 6. The molecule has 0 saturated carbocycles. The van der Waals surface area contributed by atoms with Crippen LogP contribution in [0.3, 0.4) is 0 Å². The van der Waals surface area contributed by atoms with Crippen molar-refractivity contribution in [3.8, 4) is 17.2 Å². The first kappa shape index (κ1) is 27.6. The average Bonchev–Trinajstić information content (AvgIpc) is 3.40. The number of aromatic nitrogens is 4. The molecule has 1 aliphatic heterocycles. The van der Waals surface area contributed by atoms with Gasteiger partial charge in [0.2, 0.25) is 5.95 Å². The summed E-state index contributed by atoms with van der Waals surface area (Å²) in [6.07, 6.45) is 4.59. The lowest BCUT2D eigenvalue weighted by Gasteiger charge is -2.36. The zero-order valence-electron chi connectivity index (χ0n) is 23.4. The highest BCUT2D eigenvalue weighted by molar-refractivity contribution is 5.86. The van der Waals surface area contributed by atoms with Crippen molar-refractivity contribution in [3.05, 3.63) is 84.4 Å². The molecule has 4 aromatic rings. The normalized spacial score (nSPS) is 20.2. The molecule has 1 fully saturated rings. The number of nitrogens with zero attached hydrogens (tertiary/aromatic N) is 5. The van der Waals surface area contributed by atoms with Crippen LogP contribution in [0.4, 0.5) is 16.2 Å². The number of ketones is 1. The van der Waals surface area contributed by atoms with Crippen LogP contribution in [-0.2, 0) is 4.79 Å². The molecule has 1 aliphatic rings. The van der Waals surface area contributed by atoms with Crippen molar-refractivity contribution >= 4 is 17.5 Å². The van der Waals surface area contributed by atoms with Crippen molar-refractivity contribution in [1.82, 2.24) is 24.2 Å². The van der Waals surface area contributed by atoms with Crippen molar-refractivity contribution in [3.63, 3.8) is 0 Å². The number of nitrogens with one attached hydrogen (secondary N) is 1. The molecule has 2 N–H and O–H groups in total. The van der Waals surface area contributed by atoms with Gasteiger partial charge in [-0.15, -0.1) is 4.65 Å². The Hall–Kier alpha value is -3.95. The Bertz CT molecular complexity index is 1470. The smallest absolute Gasteiger partial charge is 0.279 e. The van der Waals surface area contributed by atoms with Gasteiger partial charge in [0.15, 0.2) is 5.82 Å². The highest BCUT2D eigenvalue weighted by atomic mass is 19.1. The fourth-order valence-electron chi connectivity index (χ4n) is 5.22. The van der Waals surface area contributed by atoms with E-state index < -0.39 is 5.41 Å². The Balaban J connectivity index is 1.47. The van der Waals surface area contributed by atoms with E-state index in [0.717, 1.165) is 5.56 Å². The minimum Gasteiger partial charge on any atom is -0.348 e. The molecule has 0 amide bonds. The number of Topliss-reactive ketones (excluding diaryl/α,β-unsaturated/α-hetero) is 1. The molecule has 8 nitrogen and oxygen atoms in total. The number of quaternary nitrogens is 1. The van der Waals surface area contributed by atoms with E-state index in [9.17, 15) is 14.4 Å². The third-order valence-corrected chi connectivity index (χ3v) is 7.56. The number of carbonyl (C=O) groups is 1. The lowest BCUT2D eigenvalue weighted by Crippen LogP contribution is -2.53. The average molecular weight is 544 g/mol. The topological polar surface area (TPSA) is 92.9 Å². The van der Waals surface area contributed by atoms with Gasteiger partial charge in [-0.25, -0.2) is 14.6 Å². The van der Waals surface area contributed by atoms with Gasteiger partial charge in [-0.05, 0) is 42.8 Å². The number of rotatable bonds is 7. The number of imidazole rings is 1. The molecule has 9 heteroatoms. The molecule has 208 valence electrons. The molecule has 0 radical (unpaired) electrons. The van der Waals surface area contributed by atoms with E-state index in [1.165, 1.54) is 12.1 Å². The summed E-state index contributed by atoms with van der Waals surface area (Å²) >= 11 is 0. The molecule has 0 spiro atoms. The summed E-state index contributed by atoms with van der Waals surface area (Å²) < 4.78 is 15.2. The molecule has 40 heavy (non-hydrogen) atoms. The molecule has 3 heterocycles. The van der Waals surface area contributed by atoms with E-state index in [-0.39, 0.29) is 28.2 Å². The van der Waals surface area contributed by atoms with Crippen LogP contribution in [0.15, 0.2) is 73.1 Å². The lowest BCUT2D eigenvalue weighted by atomic mass is 9.79. The summed E-state index contributed by atoms with van der Waals surface area (Å²) in [5.41, 5.74) is 1.37. The zero-order chi connectivity index (χ0) is 28.5. The van der Waals surface area contributed by atoms with E-state index in [0.29, 0.717) is 54.9 Å². The van der Waals surface area contributed by atoms with Gasteiger partial charge in [0.1, 0.15) is 30.5 Å². The van der Waals surface area contributed by atoms with Gasteiger partial charge in [0.05, 0.1) is 12.2 Å². The monoisotopic (exact) mass is 543 g/mol. The summed E-state index contributed by atoms with van der Waals surface area (Å²) in [6.45, 7) is 8.60. The minimum atomic E-state index is -0.415. The van der Waals surface area contributed by atoms with Crippen molar-refractivity contribution in [2.75, 3.05) is 18.4 Å². The summed E-state index contributed by atoms with van der Waals surface area (Å²) in [6, 6.07) is 17.9. The fraction of sp³-hybridized carbons (Fsp3) is 0.355. The Kier molecular flexibility index (Phi) is 7.53. The van der Waals surface area contributed by atoms with Crippen molar-refractivity contribution < 1.29 is 14.4 Å². The van der Waals surface area contributed by atoms with E-state index in [4.69, 9.17) is 9.97 Å². The van der Waals surface area contributed by atoms with Gasteiger partial charge < -0.3 is 5.32 Å². The first-order valence-electron chi connectivity index (χ1n) is 13.7. The maximum absolute atomic E-state index is 13.8. The van der Waals surface area contributed by atoms with Crippen molar-refractivity contribution in [2.45, 2.75) is 46.6 Å². The molecule has 1 atom stereocenters. The van der Waals surface area contributed by atoms with Gasteiger partial charge in [-0.1, -0.05) is 51.1 Å². The highest BCUT2D eigenvalue weighted by Gasteiger charge is 2.42. The summed E-state index contributed by atoms with van der Waals surface area (Å²) in [4.78, 5) is 26.9. The van der Waals surface area contributed by atoms with Gasteiger partial charge in [-0.3, -0.25) is 9.36 Å². The van der Waals surface area contributed by atoms with Crippen LogP contribution in [0.1, 0.15) is 52.1 Å². The standard InChI is InChI=1S/C31H36FN6O2/c1-21(22-8-6-5-7-9-22)34-30-33-17-14-26(35-30)37-20-27(36-29(37)24-10-12-25(32)13-11-24)38(40)18-15-23(16-19-38)28(39)31(2,3)4/h5-14,17,20-21,23,40H,15-16,18-19H2,1-4H3,(H,33,34,35)/q+1/t21-,23?,38?/m0/s1. The predicted octanol–water partition coefficient (Wildman–Crippen LogP) is 6.36. The first-order valence-corrected chi connectivity index (χ1v) is 13.7. The van der Waals surface area contributed by atoms with Gasteiger partial charge in [0, 0.05) is 35.9 Å². The maximum atomic E-state index is 13.8. The Labute approximate surface area is 234 Å². The van der Waals surface area contributed by atoms with Crippen LogP contribution < -0.4 is 9.96 Å². The molecule has 0 unspecified atom stereocenters. The number of benzene rings is 2. The number of anilines is 1. The van der Waals surface area contributed by atoms with Crippen molar-refractivity contribution in [2.24, 2.45) is 11.3 Å². The minimum absolute atomic E-state index is 0.0188.